The van der Waals surface area contributed by atoms with Crippen LogP contribution >= 0.6 is 0 Å². The van der Waals surface area contributed by atoms with Gasteiger partial charge in [0.25, 0.3) is 10.0 Å². The summed E-state index contributed by atoms with van der Waals surface area (Å²) in [5, 5.41) is 3.30. The minimum absolute atomic E-state index is 0.0850. The van der Waals surface area contributed by atoms with Gasteiger partial charge in [0.05, 0.1) is 24.8 Å². The molecule has 2 aromatic rings. The zero-order chi connectivity index (χ0) is 23.9. The summed E-state index contributed by atoms with van der Waals surface area (Å²) in [6, 6.07) is 13.1. The number of para-hydroxylation sites is 2. The van der Waals surface area contributed by atoms with Crippen LogP contribution in [-0.4, -0.2) is 40.6 Å². The molecular weight excluding hydrogens is 452 g/mol. The Morgan fingerprint density at radius 1 is 0.941 bits per heavy atom. The van der Waals surface area contributed by atoms with E-state index >= 15 is 0 Å². The number of rotatable bonds is 8. The van der Waals surface area contributed by atoms with Crippen molar-refractivity contribution in [2.24, 2.45) is 17.8 Å². The summed E-state index contributed by atoms with van der Waals surface area (Å²) >= 11 is 0. The quantitative estimate of drug-likeness (QED) is 0.613. The average Bonchev–Trinajstić information content (AvgIpc) is 2.81. The van der Waals surface area contributed by atoms with Gasteiger partial charge < -0.3 is 14.8 Å². The van der Waals surface area contributed by atoms with Crippen molar-refractivity contribution in [3.8, 4) is 11.5 Å². The fourth-order valence-electron chi connectivity index (χ4n) is 6.74. The Bertz CT molecular complexity index is 1130. The zero-order valence-electron chi connectivity index (χ0n) is 19.7. The highest BCUT2D eigenvalue weighted by atomic mass is 32.2. The van der Waals surface area contributed by atoms with E-state index in [2.05, 4.69) is 5.32 Å². The molecule has 4 aliphatic rings. The van der Waals surface area contributed by atoms with Gasteiger partial charge in [-0.15, -0.1) is 0 Å². The number of ether oxygens (including phenoxy) is 2. The van der Waals surface area contributed by atoms with Crippen LogP contribution < -0.4 is 19.1 Å². The maximum atomic E-state index is 13.7. The Morgan fingerprint density at radius 3 is 2.09 bits per heavy atom. The molecule has 34 heavy (non-hydrogen) atoms. The molecule has 182 valence electrons. The summed E-state index contributed by atoms with van der Waals surface area (Å²) in [5.41, 5.74) is 0.142. The van der Waals surface area contributed by atoms with Gasteiger partial charge in [-0.2, -0.15) is 0 Å². The predicted octanol–water partition coefficient (Wildman–Crippen LogP) is 3.98. The molecular formula is C26H32N2O5S. The molecule has 8 heteroatoms. The molecule has 0 heterocycles. The molecule has 0 unspecified atom stereocenters. The average molecular weight is 485 g/mol. The van der Waals surface area contributed by atoms with Gasteiger partial charge in [-0.25, -0.2) is 8.42 Å². The first-order chi connectivity index (χ1) is 16.3. The van der Waals surface area contributed by atoms with Gasteiger partial charge in [-0.1, -0.05) is 12.1 Å². The van der Waals surface area contributed by atoms with Gasteiger partial charge in [0.1, 0.15) is 18.0 Å². The largest absolute Gasteiger partial charge is 0.497 e. The Balaban J connectivity index is 1.44. The first-order valence-electron chi connectivity index (χ1n) is 11.9. The number of benzene rings is 2. The van der Waals surface area contributed by atoms with Gasteiger partial charge in [0, 0.05) is 5.54 Å². The van der Waals surface area contributed by atoms with Crippen molar-refractivity contribution < 1.29 is 22.7 Å². The number of methoxy groups -OCH3 is 2. The molecule has 0 atom stereocenters. The van der Waals surface area contributed by atoms with Crippen LogP contribution in [0.2, 0.25) is 0 Å². The third-order valence-corrected chi connectivity index (χ3v) is 9.51. The summed E-state index contributed by atoms with van der Waals surface area (Å²) in [4.78, 5) is 13.5. The molecule has 7 nitrogen and oxygen atoms in total. The van der Waals surface area contributed by atoms with E-state index in [4.69, 9.17) is 9.47 Å². The smallest absolute Gasteiger partial charge is 0.264 e. The highest BCUT2D eigenvalue weighted by molar-refractivity contribution is 7.92. The highest BCUT2D eigenvalue weighted by Gasteiger charge is 2.51. The van der Waals surface area contributed by atoms with Crippen molar-refractivity contribution in [3.63, 3.8) is 0 Å². The van der Waals surface area contributed by atoms with Crippen LogP contribution in [0.1, 0.15) is 38.5 Å². The minimum Gasteiger partial charge on any atom is -0.497 e. The number of hydrogen-bond donors (Lipinski definition) is 1. The molecule has 0 aliphatic heterocycles. The second-order valence-corrected chi connectivity index (χ2v) is 12.0. The topological polar surface area (TPSA) is 84.9 Å². The number of sulfonamides is 1. The molecule has 0 radical (unpaired) electrons. The first-order valence-corrected chi connectivity index (χ1v) is 13.4. The van der Waals surface area contributed by atoms with Crippen LogP contribution in [0, 0.1) is 17.8 Å². The number of hydrogen-bond acceptors (Lipinski definition) is 5. The molecule has 4 saturated carbocycles. The molecule has 0 aromatic heterocycles. The molecule has 0 saturated heterocycles. The second-order valence-electron chi connectivity index (χ2n) is 10.1. The van der Waals surface area contributed by atoms with Gasteiger partial charge in [0.15, 0.2) is 0 Å². The molecule has 4 aliphatic carbocycles. The van der Waals surface area contributed by atoms with Crippen molar-refractivity contribution in [1.82, 2.24) is 5.32 Å². The number of nitrogens with one attached hydrogen (secondary N) is 1. The lowest BCUT2D eigenvalue weighted by Crippen LogP contribution is -2.61. The van der Waals surface area contributed by atoms with Crippen molar-refractivity contribution in [3.05, 3.63) is 48.5 Å². The van der Waals surface area contributed by atoms with Gasteiger partial charge >= 0.3 is 0 Å². The lowest BCUT2D eigenvalue weighted by molar-refractivity contribution is -0.125. The van der Waals surface area contributed by atoms with E-state index in [0.29, 0.717) is 34.9 Å². The van der Waals surface area contributed by atoms with Crippen LogP contribution in [-0.2, 0) is 14.8 Å². The Morgan fingerprint density at radius 2 is 1.53 bits per heavy atom. The van der Waals surface area contributed by atoms with E-state index in [9.17, 15) is 13.2 Å². The molecule has 1 N–H and O–H groups in total. The second kappa shape index (κ2) is 8.80. The first kappa shape index (κ1) is 23.0. The van der Waals surface area contributed by atoms with E-state index < -0.39 is 10.0 Å². The summed E-state index contributed by atoms with van der Waals surface area (Å²) in [6.45, 7) is -0.309. The Hall–Kier alpha value is -2.74. The molecule has 1 amide bonds. The summed E-state index contributed by atoms with van der Waals surface area (Å²) in [5.74, 6) is 2.72. The summed E-state index contributed by atoms with van der Waals surface area (Å²) < 4.78 is 39.3. The van der Waals surface area contributed by atoms with Crippen LogP contribution in [0.4, 0.5) is 5.69 Å². The maximum absolute atomic E-state index is 13.7. The lowest BCUT2D eigenvalue weighted by atomic mass is 9.53. The molecule has 4 bridgehead atoms. The number of carbonyl (C=O) groups excluding carboxylic acids is 1. The highest BCUT2D eigenvalue weighted by Crippen LogP contribution is 2.55. The number of anilines is 1. The standard InChI is InChI=1S/C26H32N2O5S/c1-32-21-7-9-22(10-8-21)34(30,31)28(23-5-3-4-6-24(23)33-2)17-25(29)27-26-14-18-11-19(15-26)13-20(12-18)16-26/h3-10,18-20H,11-17H2,1-2H3,(H,27,29). The van der Waals surface area contributed by atoms with Crippen molar-refractivity contribution in [1.29, 1.82) is 0 Å². The maximum Gasteiger partial charge on any atom is 0.264 e. The third-order valence-electron chi connectivity index (χ3n) is 7.73. The lowest BCUT2D eigenvalue weighted by Gasteiger charge is -2.57. The van der Waals surface area contributed by atoms with Gasteiger partial charge in [-0.3, -0.25) is 9.10 Å². The van der Waals surface area contributed by atoms with E-state index in [1.54, 1.807) is 36.4 Å². The monoisotopic (exact) mass is 484 g/mol. The van der Waals surface area contributed by atoms with Crippen LogP contribution in [0.25, 0.3) is 0 Å². The van der Waals surface area contributed by atoms with Gasteiger partial charge in [-0.05, 0) is 92.7 Å². The third kappa shape index (κ3) is 4.24. The van der Waals surface area contributed by atoms with E-state index in [1.165, 1.54) is 45.6 Å². The van der Waals surface area contributed by atoms with Crippen LogP contribution in [0.3, 0.4) is 0 Å². The van der Waals surface area contributed by atoms with Crippen molar-refractivity contribution in [2.45, 2.75) is 49.0 Å². The molecule has 4 fully saturated rings. The Labute approximate surface area is 201 Å². The number of amides is 1. The number of nitrogens with zero attached hydrogens (tertiary/aromatic N) is 1. The van der Waals surface area contributed by atoms with Gasteiger partial charge in [0.2, 0.25) is 5.91 Å². The zero-order valence-corrected chi connectivity index (χ0v) is 20.5. The fourth-order valence-corrected chi connectivity index (χ4v) is 8.17. The van der Waals surface area contributed by atoms with E-state index in [0.717, 1.165) is 23.6 Å². The fraction of sp³-hybridized carbons (Fsp3) is 0.500. The predicted molar refractivity (Wildman–Crippen MR) is 130 cm³/mol. The Kier molecular flexibility index (Phi) is 5.96. The SMILES string of the molecule is COc1ccc(S(=O)(=O)N(CC(=O)NC23CC4CC(CC(C4)C2)C3)c2ccccc2OC)cc1. The minimum atomic E-state index is -4.04. The molecule has 6 rings (SSSR count). The summed E-state index contributed by atoms with van der Waals surface area (Å²) in [7, 11) is -1.02. The van der Waals surface area contributed by atoms with Crippen molar-refractivity contribution in [2.75, 3.05) is 25.1 Å². The van der Waals surface area contributed by atoms with Crippen molar-refractivity contribution >= 4 is 21.6 Å². The van der Waals surface area contributed by atoms with E-state index in [1.807, 2.05) is 0 Å². The number of carbonyl (C=O) groups is 1. The van der Waals surface area contributed by atoms with Crippen LogP contribution in [0.15, 0.2) is 53.4 Å². The summed E-state index contributed by atoms with van der Waals surface area (Å²) in [6.07, 6.45) is 6.83. The van der Waals surface area contributed by atoms with E-state index in [-0.39, 0.29) is 22.9 Å². The van der Waals surface area contributed by atoms with Crippen LogP contribution in [0.5, 0.6) is 11.5 Å². The normalized spacial score (nSPS) is 27.3. The molecule has 2 aromatic carbocycles. The molecule has 0 spiro atoms.